The minimum atomic E-state index is -0.325. The lowest BCUT2D eigenvalue weighted by molar-refractivity contribution is 0.0950. The van der Waals surface area contributed by atoms with Crippen LogP contribution in [-0.2, 0) is 9.47 Å². The Labute approximate surface area is 140 Å². The van der Waals surface area contributed by atoms with Crippen molar-refractivity contribution in [3.8, 4) is 0 Å². The van der Waals surface area contributed by atoms with Gasteiger partial charge in [0.05, 0.1) is 44.4 Å². The van der Waals surface area contributed by atoms with Gasteiger partial charge in [0.2, 0.25) is 0 Å². The van der Waals surface area contributed by atoms with Gasteiger partial charge in [-0.1, -0.05) is 11.6 Å². The van der Waals surface area contributed by atoms with E-state index in [4.69, 9.17) is 26.2 Å². The van der Waals surface area contributed by atoms with E-state index in [2.05, 4.69) is 15.5 Å². The molecule has 0 saturated carbocycles. The molecule has 8 heteroatoms. The molecule has 7 nitrogen and oxygen atoms in total. The van der Waals surface area contributed by atoms with Crippen molar-refractivity contribution in [3.05, 3.63) is 23.2 Å². The summed E-state index contributed by atoms with van der Waals surface area (Å²) in [7, 11) is 0. The van der Waals surface area contributed by atoms with Crippen molar-refractivity contribution in [2.75, 3.05) is 62.9 Å². The van der Waals surface area contributed by atoms with Crippen molar-refractivity contribution in [1.82, 2.24) is 5.32 Å². The quantitative estimate of drug-likeness (QED) is 0.650. The number of hydrogen-bond acceptors (Lipinski definition) is 5. The standard InChI is InChI=1S/C15H22ClN3O4/c16-12-1-2-14(19-4-8-23-9-5-19)13(11-12)18-15(21)17-3-7-22-10-6-20/h1-2,11,20H,3-10H2,(H2,17,18,21). The van der Waals surface area contributed by atoms with E-state index < -0.39 is 0 Å². The van der Waals surface area contributed by atoms with Crippen molar-refractivity contribution in [2.24, 2.45) is 0 Å². The molecule has 1 saturated heterocycles. The van der Waals surface area contributed by atoms with E-state index in [-0.39, 0.29) is 19.2 Å². The lowest BCUT2D eigenvalue weighted by Gasteiger charge is -2.30. The molecule has 0 bridgehead atoms. The molecule has 23 heavy (non-hydrogen) atoms. The van der Waals surface area contributed by atoms with E-state index in [1.807, 2.05) is 6.07 Å². The number of aliphatic hydroxyl groups excluding tert-OH is 1. The van der Waals surface area contributed by atoms with E-state index >= 15 is 0 Å². The van der Waals surface area contributed by atoms with Crippen molar-refractivity contribution in [3.63, 3.8) is 0 Å². The number of anilines is 2. The fraction of sp³-hybridized carbons (Fsp3) is 0.533. The van der Waals surface area contributed by atoms with Gasteiger partial charge in [0.15, 0.2) is 0 Å². The van der Waals surface area contributed by atoms with Gasteiger partial charge in [-0.2, -0.15) is 0 Å². The van der Waals surface area contributed by atoms with Crippen LogP contribution < -0.4 is 15.5 Å². The topological polar surface area (TPSA) is 83.1 Å². The van der Waals surface area contributed by atoms with Gasteiger partial charge >= 0.3 is 6.03 Å². The van der Waals surface area contributed by atoms with Crippen LogP contribution in [0.3, 0.4) is 0 Å². The number of carbonyl (C=O) groups is 1. The number of hydrogen-bond donors (Lipinski definition) is 3. The fourth-order valence-corrected chi connectivity index (χ4v) is 2.43. The molecule has 0 atom stereocenters. The van der Waals surface area contributed by atoms with Gasteiger partial charge < -0.3 is 30.1 Å². The highest BCUT2D eigenvalue weighted by atomic mass is 35.5. The Hall–Kier alpha value is -1.54. The molecule has 1 aromatic rings. The zero-order valence-corrected chi connectivity index (χ0v) is 13.6. The largest absolute Gasteiger partial charge is 0.394 e. The Morgan fingerprint density at radius 3 is 2.87 bits per heavy atom. The summed E-state index contributed by atoms with van der Waals surface area (Å²) in [6, 6.07) is 5.11. The third-order valence-corrected chi connectivity index (χ3v) is 3.56. The number of nitrogens with one attached hydrogen (secondary N) is 2. The van der Waals surface area contributed by atoms with Crippen LogP contribution in [0.5, 0.6) is 0 Å². The first-order chi connectivity index (χ1) is 11.2. The fourth-order valence-electron chi connectivity index (χ4n) is 2.26. The first-order valence-corrected chi connectivity index (χ1v) is 7.94. The number of urea groups is 1. The van der Waals surface area contributed by atoms with E-state index in [0.29, 0.717) is 37.1 Å². The number of rotatable bonds is 7. The highest BCUT2D eigenvalue weighted by Gasteiger charge is 2.16. The molecular weight excluding hydrogens is 322 g/mol. The van der Waals surface area contributed by atoms with E-state index in [0.717, 1.165) is 18.8 Å². The van der Waals surface area contributed by atoms with Gasteiger partial charge in [-0.15, -0.1) is 0 Å². The number of benzene rings is 1. The van der Waals surface area contributed by atoms with E-state index in [9.17, 15) is 4.79 Å². The first-order valence-electron chi connectivity index (χ1n) is 7.56. The van der Waals surface area contributed by atoms with Crippen molar-refractivity contribution >= 4 is 29.0 Å². The van der Waals surface area contributed by atoms with Gasteiger partial charge in [-0.05, 0) is 18.2 Å². The lowest BCUT2D eigenvalue weighted by Crippen LogP contribution is -2.37. The van der Waals surface area contributed by atoms with Crippen LogP contribution in [0.1, 0.15) is 0 Å². The van der Waals surface area contributed by atoms with Crippen LogP contribution in [0.2, 0.25) is 5.02 Å². The third kappa shape index (κ3) is 5.87. The third-order valence-electron chi connectivity index (χ3n) is 3.33. The van der Waals surface area contributed by atoms with Crippen molar-refractivity contribution in [1.29, 1.82) is 0 Å². The minimum Gasteiger partial charge on any atom is -0.394 e. The summed E-state index contributed by atoms with van der Waals surface area (Å²) in [6.07, 6.45) is 0. The molecule has 1 heterocycles. The van der Waals surface area contributed by atoms with Crippen LogP contribution in [0.4, 0.5) is 16.2 Å². The van der Waals surface area contributed by atoms with Gasteiger partial charge in [0.25, 0.3) is 0 Å². The lowest BCUT2D eigenvalue weighted by atomic mass is 10.2. The summed E-state index contributed by atoms with van der Waals surface area (Å²) in [5.74, 6) is 0. The number of nitrogens with zero attached hydrogens (tertiary/aromatic N) is 1. The molecule has 0 spiro atoms. The number of amides is 2. The van der Waals surface area contributed by atoms with Crippen LogP contribution in [0, 0.1) is 0 Å². The number of carbonyl (C=O) groups excluding carboxylic acids is 1. The number of aliphatic hydroxyl groups is 1. The zero-order chi connectivity index (χ0) is 16.5. The Kier molecular flexibility index (Phi) is 7.41. The average Bonchev–Trinajstić information content (AvgIpc) is 2.55. The van der Waals surface area contributed by atoms with Gasteiger partial charge in [0.1, 0.15) is 0 Å². The van der Waals surface area contributed by atoms with Crippen LogP contribution in [-0.4, -0.2) is 63.8 Å². The maximum atomic E-state index is 12.0. The average molecular weight is 344 g/mol. The Bertz CT molecular complexity index is 509. The van der Waals surface area contributed by atoms with Crippen LogP contribution >= 0.6 is 11.6 Å². The minimum absolute atomic E-state index is 0.0301. The van der Waals surface area contributed by atoms with E-state index in [1.54, 1.807) is 12.1 Å². The molecule has 128 valence electrons. The summed E-state index contributed by atoms with van der Waals surface area (Å²) in [6.45, 7) is 3.81. The molecule has 0 aliphatic carbocycles. The maximum absolute atomic E-state index is 12.0. The predicted octanol–water partition coefficient (Wildman–Crippen LogP) is 1.31. The summed E-state index contributed by atoms with van der Waals surface area (Å²) in [5.41, 5.74) is 1.58. The smallest absolute Gasteiger partial charge is 0.319 e. The zero-order valence-electron chi connectivity index (χ0n) is 12.9. The van der Waals surface area contributed by atoms with Crippen molar-refractivity contribution in [2.45, 2.75) is 0 Å². The molecule has 1 aliphatic heterocycles. The Morgan fingerprint density at radius 2 is 2.13 bits per heavy atom. The summed E-state index contributed by atoms with van der Waals surface area (Å²) in [4.78, 5) is 14.1. The van der Waals surface area contributed by atoms with Gasteiger partial charge in [-0.3, -0.25) is 0 Å². The summed E-state index contributed by atoms with van der Waals surface area (Å²) in [5, 5.41) is 14.7. The second kappa shape index (κ2) is 9.57. The van der Waals surface area contributed by atoms with E-state index in [1.165, 1.54) is 0 Å². The van der Waals surface area contributed by atoms with Crippen LogP contribution in [0.25, 0.3) is 0 Å². The molecule has 0 radical (unpaired) electrons. The molecule has 2 amide bonds. The molecule has 1 aliphatic rings. The normalized spacial score (nSPS) is 14.6. The molecule has 2 rings (SSSR count). The highest BCUT2D eigenvalue weighted by Crippen LogP contribution is 2.29. The molecule has 1 fully saturated rings. The van der Waals surface area contributed by atoms with Crippen LogP contribution in [0.15, 0.2) is 18.2 Å². The summed E-state index contributed by atoms with van der Waals surface area (Å²) >= 11 is 6.04. The number of halogens is 1. The Morgan fingerprint density at radius 1 is 1.35 bits per heavy atom. The summed E-state index contributed by atoms with van der Waals surface area (Å²) < 4.78 is 10.4. The molecule has 0 unspecified atom stereocenters. The van der Waals surface area contributed by atoms with Gasteiger partial charge in [-0.25, -0.2) is 4.79 Å². The molecule has 3 N–H and O–H groups in total. The molecular formula is C15H22ClN3O4. The predicted molar refractivity (Wildman–Crippen MR) is 89.4 cm³/mol. The van der Waals surface area contributed by atoms with Gasteiger partial charge in [0, 0.05) is 24.7 Å². The number of morpholine rings is 1. The first kappa shape index (κ1) is 17.8. The second-order valence-corrected chi connectivity index (χ2v) is 5.41. The second-order valence-electron chi connectivity index (χ2n) is 4.98. The highest BCUT2D eigenvalue weighted by molar-refractivity contribution is 6.31. The molecule has 0 aromatic heterocycles. The van der Waals surface area contributed by atoms with Crippen molar-refractivity contribution < 1.29 is 19.4 Å². The number of ether oxygens (including phenoxy) is 2. The Balaban J connectivity index is 1.92. The monoisotopic (exact) mass is 343 g/mol. The maximum Gasteiger partial charge on any atom is 0.319 e. The SMILES string of the molecule is O=C(NCCOCCO)Nc1cc(Cl)ccc1N1CCOCC1. The molecule has 1 aromatic carbocycles.